The second kappa shape index (κ2) is 9.85. The quantitative estimate of drug-likeness (QED) is 0.481. The summed E-state index contributed by atoms with van der Waals surface area (Å²) in [6, 6.07) is 8.62. The highest BCUT2D eigenvalue weighted by Crippen LogP contribution is 2.09. The van der Waals surface area contributed by atoms with Crippen LogP contribution in [-0.2, 0) is 16.1 Å². The summed E-state index contributed by atoms with van der Waals surface area (Å²) < 4.78 is 0. The summed E-state index contributed by atoms with van der Waals surface area (Å²) in [5.41, 5.74) is 2.81. The molecule has 0 saturated carbocycles. The van der Waals surface area contributed by atoms with Gasteiger partial charge in [-0.25, -0.2) is 0 Å². The van der Waals surface area contributed by atoms with Gasteiger partial charge in [-0.05, 0) is 25.3 Å². The number of quaternary nitrogens is 2. The molecule has 2 saturated heterocycles. The molecule has 1 aromatic carbocycles. The van der Waals surface area contributed by atoms with Gasteiger partial charge in [0.25, 0.3) is 5.91 Å². The van der Waals surface area contributed by atoms with Gasteiger partial charge in [-0.15, -0.1) is 0 Å². The van der Waals surface area contributed by atoms with E-state index in [1.54, 1.807) is 4.90 Å². The van der Waals surface area contributed by atoms with E-state index in [1.807, 2.05) is 4.90 Å². The zero-order valence-corrected chi connectivity index (χ0v) is 16.6. The topological polar surface area (TPSA) is 58.3 Å². The van der Waals surface area contributed by atoms with Crippen LogP contribution in [0.1, 0.15) is 30.4 Å². The predicted molar refractivity (Wildman–Crippen MR) is 105 cm³/mol. The van der Waals surface area contributed by atoms with Crippen LogP contribution in [0.15, 0.2) is 24.3 Å². The van der Waals surface area contributed by atoms with Crippen molar-refractivity contribution in [3.8, 4) is 0 Å². The minimum absolute atomic E-state index is 0.139. The van der Waals surface area contributed by atoms with Crippen LogP contribution in [0.2, 0.25) is 0 Å². The fourth-order valence-electron chi connectivity index (χ4n) is 4.12. The molecule has 0 radical (unpaired) electrons. The molecule has 2 amide bonds. The lowest BCUT2D eigenvalue weighted by Gasteiger charge is -2.29. The van der Waals surface area contributed by atoms with Gasteiger partial charge in [-0.1, -0.05) is 24.3 Å². The molecular formula is C21H34N4O2+2. The number of likely N-dealkylation sites (tertiary alicyclic amines) is 1. The highest BCUT2D eigenvalue weighted by Gasteiger charge is 2.25. The summed E-state index contributed by atoms with van der Waals surface area (Å²) in [4.78, 5) is 28.6. The van der Waals surface area contributed by atoms with Crippen LogP contribution in [0.4, 0.5) is 0 Å². The molecule has 0 spiro atoms. The molecule has 2 heterocycles. The predicted octanol–water partition coefficient (Wildman–Crippen LogP) is -1.59. The molecule has 6 heteroatoms. The van der Waals surface area contributed by atoms with Crippen LogP contribution in [-0.4, -0.2) is 69.1 Å². The zero-order chi connectivity index (χ0) is 19.1. The molecular weight excluding hydrogens is 340 g/mol. The molecule has 2 aliphatic heterocycles. The summed E-state index contributed by atoms with van der Waals surface area (Å²) in [5.74, 6) is 0.400. The lowest BCUT2D eigenvalue weighted by Crippen LogP contribution is -3.28. The Hall–Kier alpha value is -1.92. The fourth-order valence-corrected chi connectivity index (χ4v) is 4.12. The van der Waals surface area contributed by atoms with Gasteiger partial charge in [0.15, 0.2) is 6.54 Å². The molecule has 0 bridgehead atoms. The monoisotopic (exact) mass is 374 g/mol. The van der Waals surface area contributed by atoms with E-state index >= 15 is 0 Å². The number of amides is 2. The summed E-state index contributed by atoms with van der Waals surface area (Å²) in [7, 11) is 0. The van der Waals surface area contributed by atoms with Gasteiger partial charge in [-0.2, -0.15) is 0 Å². The molecule has 3 rings (SSSR count). The van der Waals surface area contributed by atoms with Gasteiger partial charge in [0.05, 0.1) is 0 Å². The molecule has 0 atom stereocenters. The summed E-state index contributed by atoms with van der Waals surface area (Å²) in [5, 5.41) is 3.02. The molecule has 3 N–H and O–H groups in total. The van der Waals surface area contributed by atoms with Crippen molar-refractivity contribution in [2.75, 3.05) is 52.4 Å². The molecule has 0 unspecified atom stereocenters. The van der Waals surface area contributed by atoms with Crippen molar-refractivity contribution in [2.45, 2.75) is 32.7 Å². The molecule has 2 aliphatic rings. The van der Waals surface area contributed by atoms with Gasteiger partial charge in [-0.3, -0.25) is 9.59 Å². The Kier molecular flexibility index (Phi) is 7.24. The molecule has 2 fully saturated rings. The molecule has 148 valence electrons. The Labute approximate surface area is 162 Å². The maximum Gasteiger partial charge on any atom is 0.275 e. The van der Waals surface area contributed by atoms with Crippen LogP contribution in [0.5, 0.6) is 0 Å². The first-order chi connectivity index (χ1) is 13.1. The summed E-state index contributed by atoms with van der Waals surface area (Å²) in [6.07, 6.45) is 2.51. The number of hydrogen-bond acceptors (Lipinski definition) is 2. The van der Waals surface area contributed by atoms with Gasteiger partial charge in [0.1, 0.15) is 32.7 Å². The van der Waals surface area contributed by atoms with Crippen molar-refractivity contribution in [3.63, 3.8) is 0 Å². The Morgan fingerprint density at radius 1 is 1.15 bits per heavy atom. The van der Waals surface area contributed by atoms with Gasteiger partial charge in [0, 0.05) is 31.6 Å². The lowest BCUT2D eigenvalue weighted by molar-refractivity contribution is -1.02. The minimum atomic E-state index is 0.139. The Morgan fingerprint density at radius 2 is 1.89 bits per heavy atom. The second-order valence-electron chi connectivity index (χ2n) is 7.97. The number of nitrogens with zero attached hydrogens (tertiary/aromatic N) is 1. The van der Waals surface area contributed by atoms with Crippen LogP contribution in [0.3, 0.4) is 0 Å². The molecule has 1 aromatic rings. The highest BCUT2D eigenvalue weighted by molar-refractivity contribution is 5.78. The average Bonchev–Trinajstić information content (AvgIpc) is 3.07. The Balaban J connectivity index is 1.29. The van der Waals surface area contributed by atoms with Crippen molar-refractivity contribution < 1.29 is 19.4 Å². The number of carbonyl (C=O) groups is 2. The number of benzene rings is 1. The number of rotatable bonds is 8. The van der Waals surface area contributed by atoms with Crippen LogP contribution in [0, 0.1) is 6.92 Å². The van der Waals surface area contributed by atoms with Gasteiger partial charge in [0.2, 0.25) is 5.91 Å². The van der Waals surface area contributed by atoms with E-state index < -0.39 is 0 Å². The molecule has 0 aromatic heterocycles. The SMILES string of the molecule is Cc1ccccc1C[NH+]1CC[NH+](CC(=O)NCCCN2CCCC2=O)CC1. The van der Waals surface area contributed by atoms with Crippen LogP contribution >= 0.6 is 0 Å². The number of piperazine rings is 1. The first-order valence-electron chi connectivity index (χ1n) is 10.4. The van der Waals surface area contributed by atoms with E-state index in [9.17, 15) is 9.59 Å². The van der Waals surface area contributed by atoms with E-state index in [-0.39, 0.29) is 11.8 Å². The third-order valence-electron chi connectivity index (χ3n) is 5.87. The zero-order valence-electron chi connectivity index (χ0n) is 16.6. The van der Waals surface area contributed by atoms with E-state index in [0.717, 1.165) is 58.7 Å². The van der Waals surface area contributed by atoms with Gasteiger partial charge >= 0.3 is 0 Å². The largest absolute Gasteiger partial charge is 0.351 e. The summed E-state index contributed by atoms with van der Waals surface area (Å²) >= 11 is 0. The highest BCUT2D eigenvalue weighted by atomic mass is 16.2. The Morgan fingerprint density at radius 3 is 2.59 bits per heavy atom. The minimum Gasteiger partial charge on any atom is -0.351 e. The van der Waals surface area contributed by atoms with Crippen molar-refractivity contribution in [3.05, 3.63) is 35.4 Å². The first-order valence-corrected chi connectivity index (χ1v) is 10.4. The van der Waals surface area contributed by atoms with Crippen LogP contribution < -0.4 is 15.1 Å². The van der Waals surface area contributed by atoms with Crippen molar-refractivity contribution in [1.29, 1.82) is 0 Å². The van der Waals surface area contributed by atoms with Crippen molar-refractivity contribution in [1.82, 2.24) is 10.2 Å². The smallest absolute Gasteiger partial charge is 0.275 e. The summed E-state index contributed by atoms with van der Waals surface area (Å²) in [6.45, 7) is 10.5. The maximum atomic E-state index is 12.2. The standard InChI is InChI=1S/C21H32N4O2/c1-18-6-2-3-7-19(18)16-23-12-14-24(15-13-23)17-20(26)22-9-5-11-25-10-4-8-21(25)27/h2-3,6-7H,4-5,8-17H2,1H3,(H,22,26)/p+2. The van der Waals surface area contributed by atoms with Crippen molar-refractivity contribution in [2.24, 2.45) is 0 Å². The van der Waals surface area contributed by atoms with Crippen LogP contribution in [0.25, 0.3) is 0 Å². The molecule has 0 aliphatic carbocycles. The molecule has 6 nitrogen and oxygen atoms in total. The second-order valence-corrected chi connectivity index (χ2v) is 7.97. The fraction of sp³-hybridized carbons (Fsp3) is 0.619. The normalized spacial score (nSPS) is 22.9. The lowest BCUT2D eigenvalue weighted by atomic mass is 10.1. The maximum absolute atomic E-state index is 12.2. The average molecular weight is 375 g/mol. The van der Waals surface area contributed by atoms with Gasteiger partial charge < -0.3 is 20.0 Å². The van der Waals surface area contributed by atoms with E-state index in [2.05, 4.69) is 36.5 Å². The van der Waals surface area contributed by atoms with E-state index in [1.165, 1.54) is 16.0 Å². The first kappa shape index (κ1) is 19.8. The Bertz CT molecular complexity index is 641. The number of nitrogens with one attached hydrogen (secondary N) is 3. The van der Waals surface area contributed by atoms with E-state index in [4.69, 9.17) is 0 Å². The third kappa shape index (κ3) is 6.04. The number of hydrogen-bond donors (Lipinski definition) is 3. The third-order valence-corrected chi connectivity index (χ3v) is 5.87. The molecule has 27 heavy (non-hydrogen) atoms. The van der Waals surface area contributed by atoms with E-state index in [0.29, 0.717) is 19.5 Å². The van der Waals surface area contributed by atoms with Crippen molar-refractivity contribution >= 4 is 11.8 Å². The number of aryl methyl sites for hydroxylation is 1. The number of carbonyl (C=O) groups excluding carboxylic acids is 2.